The van der Waals surface area contributed by atoms with Crippen molar-refractivity contribution >= 4 is 23.6 Å². The van der Waals surface area contributed by atoms with Crippen LogP contribution in [0.4, 0.5) is 0 Å². The zero-order valence-electron chi connectivity index (χ0n) is 67.4. The van der Waals surface area contributed by atoms with E-state index >= 15 is 0 Å². The summed E-state index contributed by atoms with van der Waals surface area (Å²) in [7, 11) is 0. The van der Waals surface area contributed by atoms with Crippen LogP contribution in [0, 0.1) is 5.41 Å². The Hall–Kier alpha value is -5.92. The van der Waals surface area contributed by atoms with Gasteiger partial charge >= 0.3 is 0 Å². The van der Waals surface area contributed by atoms with E-state index in [1.165, 1.54) is 0 Å². The summed E-state index contributed by atoms with van der Waals surface area (Å²) in [6.45, 7) is 18.6. The molecule has 0 aromatic heterocycles. The summed E-state index contributed by atoms with van der Waals surface area (Å²) in [5.74, 6) is -1.17. The summed E-state index contributed by atoms with van der Waals surface area (Å²) in [4.78, 5) is 61.8. The summed E-state index contributed by atoms with van der Waals surface area (Å²) in [5, 5.41) is 24.7. The number of azide groups is 4. The molecule has 0 aliphatic heterocycles. The Balaban J connectivity index is 4.65. The number of nitrogens with zero attached hydrogens (tertiary/aromatic N) is 12. The molecule has 0 heterocycles. The normalized spacial score (nSPS) is 11.7. The van der Waals surface area contributed by atoms with Crippen LogP contribution < -0.4 is 21.3 Å². The van der Waals surface area contributed by atoms with Crippen molar-refractivity contribution in [3.63, 3.8) is 0 Å². The molecule has 0 fully saturated rings. The number of amides is 4. The van der Waals surface area contributed by atoms with Crippen molar-refractivity contribution in [2.45, 2.75) is 25.7 Å². The van der Waals surface area contributed by atoms with Gasteiger partial charge in [0, 0.05) is 97.7 Å². The average molecular weight is 1670 g/mol. The molecule has 0 aromatic rings. The molecule has 0 aliphatic rings. The van der Waals surface area contributed by atoms with Gasteiger partial charge in [-0.25, -0.2) is 0 Å². The van der Waals surface area contributed by atoms with Crippen LogP contribution in [0.3, 0.4) is 0 Å². The molecule has 0 spiro atoms. The average Bonchev–Trinajstić information content (AvgIpc) is 0.867. The molecule has 115 heavy (non-hydrogen) atoms. The van der Waals surface area contributed by atoms with E-state index in [0.717, 1.165) is 0 Å². The molecular weight excluding hydrogens is 1530 g/mol. The lowest BCUT2D eigenvalue weighted by Gasteiger charge is -2.33. The Morgan fingerprint density at radius 3 is 0.470 bits per heavy atom. The van der Waals surface area contributed by atoms with Gasteiger partial charge in [0.1, 0.15) is 0 Å². The van der Waals surface area contributed by atoms with Gasteiger partial charge in [0.2, 0.25) is 23.6 Å². The van der Waals surface area contributed by atoms with E-state index in [2.05, 4.69) is 61.4 Å². The topological polar surface area (TPSA) is 551 Å². The van der Waals surface area contributed by atoms with Crippen molar-refractivity contribution in [3.05, 3.63) is 41.8 Å². The van der Waals surface area contributed by atoms with Gasteiger partial charge in [-0.15, -0.1) is 0 Å². The lowest BCUT2D eigenvalue weighted by molar-refractivity contribution is -0.129. The number of hydrogen-bond donors (Lipinski definition) is 4. The molecule has 668 valence electrons. The van der Waals surface area contributed by atoms with Crippen molar-refractivity contribution < 1.29 is 142 Å². The van der Waals surface area contributed by atoms with E-state index < -0.39 is 5.41 Å². The summed E-state index contributed by atoms with van der Waals surface area (Å²) in [5.41, 5.74) is 32.3. The number of rotatable bonds is 98. The Kier molecular flexibility index (Phi) is 90.3. The fraction of sp³-hybridized carbons (Fsp3) is 0.942. The van der Waals surface area contributed by atoms with Crippen LogP contribution in [0.5, 0.6) is 0 Å². The molecule has 0 aromatic carbocycles. The van der Waals surface area contributed by atoms with Crippen molar-refractivity contribution in [1.29, 1.82) is 0 Å². The maximum absolute atomic E-state index is 12.9. The largest absolute Gasteiger partial charge is 0.380 e. The molecule has 0 radical (unpaired) electrons. The van der Waals surface area contributed by atoms with Gasteiger partial charge in [0.15, 0.2) is 0 Å². The molecule has 0 saturated carbocycles. The van der Waals surface area contributed by atoms with Crippen LogP contribution in [-0.2, 0) is 142 Å². The fourth-order valence-corrected chi connectivity index (χ4v) is 8.44. The summed E-state index contributed by atoms with van der Waals surface area (Å²) >= 11 is 0. The first kappa shape index (κ1) is 109. The monoisotopic (exact) mass is 1660 g/mol. The number of ether oxygens (including phenoxy) is 26. The molecule has 46 nitrogen and oxygen atoms in total. The van der Waals surface area contributed by atoms with Crippen LogP contribution in [0.25, 0.3) is 41.8 Å². The number of carbonyl (C=O) groups is 4. The molecule has 46 heteroatoms. The Labute approximate surface area is 674 Å². The maximum Gasteiger partial charge on any atom is 0.222 e. The third-order valence-corrected chi connectivity index (χ3v) is 14.1. The molecule has 0 rings (SSSR count). The Bertz CT molecular complexity index is 2210. The zero-order valence-corrected chi connectivity index (χ0v) is 67.4. The lowest BCUT2D eigenvalue weighted by Crippen LogP contribution is -2.43. The SMILES string of the molecule is [N-]=[N+]=NCCOCCNC(=O)CCOCC(COCCC(=O)NCCOCCN=[N+]=[N-])(COCCC(=O)NCCOCCOCCOCCOCCOCCOCCOCCOCCOCCOCCN=[N+]=[N-])COCCC(=O)NCCOCCOCCOCCOCCOCCOCCOCCOCCOCCOCCN=[N+]=[N-]. The van der Waals surface area contributed by atoms with E-state index in [-0.39, 0.29) is 181 Å². The number of hydrogen-bond acceptors (Lipinski definition) is 34. The molecule has 4 amide bonds. The van der Waals surface area contributed by atoms with Gasteiger partial charge in [-0.1, -0.05) is 20.5 Å². The smallest absolute Gasteiger partial charge is 0.222 e. The van der Waals surface area contributed by atoms with Gasteiger partial charge in [0.25, 0.3) is 0 Å². The van der Waals surface area contributed by atoms with Crippen molar-refractivity contribution in [2.75, 3.05) is 396 Å². The molecule has 0 saturated heterocycles. The van der Waals surface area contributed by atoms with E-state index in [4.69, 9.17) is 145 Å². The van der Waals surface area contributed by atoms with Crippen LogP contribution >= 0.6 is 0 Å². The van der Waals surface area contributed by atoms with Crippen LogP contribution in [0.2, 0.25) is 0 Å². The molecule has 4 N–H and O–H groups in total. The predicted octanol–water partition coefficient (Wildman–Crippen LogP) is 1.67. The van der Waals surface area contributed by atoms with Gasteiger partial charge < -0.3 is 144 Å². The second-order valence-corrected chi connectivity index (χ2v) is 23.4. The first-order valence-electron chi connectivity index (χ1n) is 38.9. The van der Waals surface area contributed by atoms with E-state index in [9.17, 15) is 19.2 Å². The van der Waals surface area contributed by atoms with Gasteiger partial charge in [-0.05, 0) is 22.1 Å². The third kappa shape index (κ3) is 90.3. The quantitative estimate of drug-likeness (QED) is 0.0291. The highest BCUT2D eigenvalue weighted by Gasteiger charge is 2.33. The second-order valence-electron chi connectivity index (χ2n) is 23.4. The fourth-order valence-electron chi connectivity index (χ4n) is 8.44. The molecule has 0 aliphatic carbocycles. The highest BCUT2D eigenvalue weighted by Crippen LogP contribution is 2.22. The maximum atomic E-state index is 12.9. The highest BCUT2D eigenvalue weighted by molar-refractivity contribution is 5.77. The minimum Gasteiger partial charge on any atom is -0.380 e. The predicted molar refractivity (Wildman–Crippen MR) is 410 cm³/mol. The van der Waals surface area contributed by atoms with Crippen molar-refractivity contribution in [1.82, 2.24) is 21.3 Å². The van der Waals surface area contributed by atoms with Crippen molar-refractivity contribution in [2.24, 2.45) is 25.9 Å². The van der Waals surface area contributed by atoms with Crippen molar-refractivity contribution in [3.8, 4) is 0 Å². The second kappa shape index (κ2) is 95.2. The first-order valence-corrected chi connectivity index (χ1v) is 38.9. The minimum atomic E-state index is -1.05. The van der Waals surface area contributed by atoms with Crippen LogP contribution in [0.1, 0.15) is 25.7 Å². The Morgan fingerprint density at radius 1 is 0.191 bits per heavy atom. The summed E-state index contributed by atoms with van der Waals surface area (Å²) in [6, 6.07) is 0. The highest BCUT2D eigenvalue weighted by atomic mass is 16.6. The third-order valence-electron chi connectivity index (χ3n) is 14.1. The standard InChI is InChI=1S/C69H132N16O30/c70-82-78-9-21-90-17-5-74-65(86)1-13-112-61-69(62-113-14-2-66(87)75-6-18-91-22-10-79-83-71,63-114-15-3-67(88)76-7-19-92-25-29-96-33-37-100-41-45-104-49-53-108-57-59-110-55-51-106-47-43-102-39-35-98-31-27-94-23-11-80-84-72)64-115-16-4-68(89)77-8-20-93-26-30-97-34-38-101-42-46-105-50-54-109-58-60-111-56-52-107-48-44-103-40-36-99-32-28-95-24-12-81-85-73/h1-64H2,(H,74,86)(H,75,87)(H,76,88)(H,77,89). The molecule has 0 bridgehead atoms. The van der Waals surface area contributed by atoms with Crippen LogP contribution in [-0.4, -0.2) is 420 Å². The van der Waals surface area contributed by atoms with Gasteiger partial charge in [-0.2, -0.15) is 0 Å². The number of nitrogens with one attached hydrogen (secondary N) is 4. The summed E-state index contributed by atoms with van der Waals surface area (Å²) < 4.78 is 145. The lowest BCUT2D eigenvalue weighted by atomic mass is 9.92. The zero-order chi connectivity index (χ0) is 82.9. The molecule has 0 unspecified atom stereocenters. The molecule has 0 atom stereocenters. The van der Waals surface area contributed by atoms with Gasteiger partial charge in [-0.3, -0.25) is 19.2 Å². The van der Waals surface area contributed by atoms with E-state index in [0.29, 0.717) is 264 Å². The van der Waals surface area contributed by atoms with E-state index in [1.54, 1.807) is 0 Å². The minimum absolute atomic E-state index is 0.000117. The van der Waals surface area contributed by atoms with Crippen LogP contribution in [0.15, 0.2) is 20.5 Å². The number of carbonyl (C=O) groups excluding carboxylic acids is 4. The summed E-state index contributed by atoms with van der Waals surface area (Å²) in [6.07, 6.45) is -0.0114. The first-order chi connectivity index (χ1) is 56.8. The van der Waals surface area contributed by atoms with Gasteiger partial charge in [0.05, 0.1) is 349 Å². The van der Waals surface area contributed by atoms with E-state index in [1.807, 2.05) is 0 Å². The Morgan fingerprint density at radius 2 is 0.322 bits per heavy atom. The molecular formula is C69H132N16O30.